The first-order valence-corrected chi connectivity index (χ1v) is 8.36. The van der Waals surface area contributed by atoms with E-state index in [0.29, 0.717) is 14.4 Å². The summed E-state index contributed by atoms with van der Waals surface area (Å²) in [5.74, 6) is 0. The standard InChI is InChI=1S/C11H11BrN2O3S2/c1-7-5-13-3-2-9(7)14-19(16,17)10-4-8(6-15)18-11(10)12/h2-5,15H,6H2,1H3,(H,13,14). The molecule has 0 aromatic carbocycles. The van der Waals surface area contributed by atoms with E-state index in [2.05, 4.69) is 25.6 Å². The highest BCUT2D eigenvalue weighted by Gasteiger charge is 2.21. The molecule has 0 saturated heterocycles. The number of aliphatic hydroxyl groups is 1. The third kappa shape index (κ3) is 3.14. The van der Waals surface area contributed by atoms with Crippen LogP contribution in [0.5, 0.6) is 0 Å². The summed E-state index contributed by atoms with van der Waals surface area (Å²) in [6, 6.07) is 3.05. The van der Waals surface area contributed by atoms with Gasteiger partial charge in [-0.05, 0) is 40.5 Å². The molecule has 0 aliphatic rings. The largest absolute Gasteiger partial charge is 0.391 e. The fraction of sp³-hybridized carbons (Fsp3) is 0.182. The molecule has 2 aromatic heterocycles. The average Bonchev–Trinajstić information content (AvgIpc) is 2.74. The Morgan fingerprint density at radius 1 is 1.53 bits per heavy atom. The lowest BCUT2D eigenvalue weighted by atomic mass is 10.3. The monoisotopic (exact) mass is 362 g/mol. The number of rotatable bonds is 4. The Bertz CT molecular complexity index is 698. The number of thiophene rings is 1. The number of sulfonamides is 1. The number of hydrogen-bond acceptors (Lipinski definition) is 5. The summed E-state index contributed by atoms with van der Waals surface area (Å²) in [5, 5.41) is 9.04. The summed E-state index contributed by atoms with van der Waals surface area (Å²) in [4.78, 5) is 4.61. The number of aliphatic hydroxyl groups excluding tert-OH is 1. The Hall–Kier alpha value is -0.960. The van der Waals surface area contributed by atoms with E-state index >= 15 is 0 Å². The van der Waals surface area contributed by atoms with Crippen LogP contribution in [0, 0.1) is 6.92 Å². The van der Waals surface area contributed by atoms with Gasteiger partial charge < -0.3 is 5.11 Å². The molecule has 0 bridgehead atoms. The maximum atomic E-state index is 12.3. The van der Waals surface area contributed by atoms with Crippen molar-refractivity contribution in [2.75, 3.05) is 4.72 Å². The van der Waals surface area contributed by atoms with Gasteiger partial charge in [-0.3, -0.25) is 9.71 Å². The van der Waals surface area contributed by atoms with Gasteiger partial charge in [0.15, 0.2) is 0 Å². The quantitative estimate of drug-likeness (QED) is 0.875. The zero-order chi connectivity index (χ0) is 14.0. The summed E-state index contributed by atoms with van der Waals surface area (Å²) in [7, 11) is -3.68. The zero-order valence-electron chi connectivity index (χ0n) is 9.92. The molecular weight excluding hydrogens is 352 g/mol. The minimum Gasteiger partial charge on any atom is -0.391 e. The molecule has 2 heterocycles. The van der Waals surface area contributed by atoms with Crippen molar-refractivity contribution in [3.8, 4) is 0 Å². The normalized spacial score (nSPS) is 11.5. The van der Waals surface area contributed by atoms with E-state index in [-0.39, 0.29) is 11.5 Å². The van der Waals surface area contributed by atoms with Gasteiger partial charge >= 0.3 is 0 Å². The van der Waals surface area contributed by atoms with Gasteiger partial charge in [0.25, 0.3) is 10.0 Å². The lowest BCUT2D eigenvalue weighted by molar-refractivity contribution is 0.285. The molecule has 19 heavy (non-hydrogen) atoms. The van der Waals surface area contributed by atoms with E-state index in [9.17, 15) is 8.42 Å². The van der Waals surface area contributed by atoms with Gasteiger partial charge in [0.2, 0.25) is 0 Å². The second-order valence-corrected chi connectivity index (χ2v) is 7.91. The van der Waals surface area contributed by atoms with Crippen molar-refractivity contribution >= 4 is 43.0 Å². The molecule has 0 radical (unpaired) electrons. The number of pyridine rings is 1. The maximum absolute atomic E-state index is 12.3. The Balaban J connectivity index is 2.38. The van der Waals surface area contributed by atoms with Gasteiger partial charge in [-0.1, -0.05) is 0 Å². The fourth-order valence-corrected chi connectivity index (χ4v) is 5.12. The Morgan fingerprint density at radius 2 is 2.26 bits per heavy atom. The van der Waals surface area contributed by atoms with Crippen molar-refractivity contribution in [1.29, 1.82) is 0 Å². The van der Waals surface area contributed by atoms with E-state index in [1.54, 1.807) is 19.2 Å². The van der Waals surface area contributed by atoms with Crippen molar-refractivity contribution in [3.63, 3.8) is 0 Å². The van der Waals surface area contributed by atoms with Crippen LogP contribution in [-0.4, -0.2) is 18.5 Å². The molecule has 5 nitrogen and oxygen atoms in total. The number of nitrogens with zero attached hydrogens (tertiary/aromatic N) is 1. The lowest BCUT2D eigenvalue weighted by Crippen LogP contribution is -2.13. The van der Waals surface area contributed by atoms with Crippen LogP contribution >= 0.6 is 27.3 Å². The Labute approximate surface area is 123 Å². The molecular formula is C11H11BrN2O3S2. The molecule has 2 aromatic rings. The second kappa shape index (κ2) is 5.58. The minimum atomic E-state index is -3.68. The maximum Gasteiger partial charge on any atom is 0.263 e. The van der Waals surface area contributed by atoms with Crippen molar-refractivity contribution in [2.45, 2.75) is 18.4 Å². The highest BCUT2D eigenvalue weighted by Crippen LogP contribution is 2.33. The van der Waals surface area contributed by atoms with Crippen LogP contribution in [0.3, 0.4) is 0 Å². The number of anilines is 1. The van der Waals surface area contributed by atoms with Crippen LogP contribution in [0.15, 0.2) is 33.2 Å². The van der Waals surface area contributed by atoms with Gasteiger partial charge in [-0.2, -0.15) is 0 Å². The van der Waals surface area contributed by atoms with Crippen LogP contribution in [0.2, 0.25) is 0 Å². The van der Waals surface area contributed by atoms with E-state index in [1.807, 2.05) is 0 Å². The van der Waals surface area contributed by atoms with Gasteiger partial charge in [0.1, 0.15) is 4.90 Å². The van der Waals surface area contributed by atoms with Gasteiger partial charge in [-0.25, -0.2) is 8.42 Å². The first kappa shape index (κ1) is 14.4. The van der Waals surface area contributed by atoms with Crippen LogP contribution < -0.4 is 4.72 Å². The predicted molar refractivity (Wildman–Crippen MR) is 77.7 cm³/mol. The Morgan fingerprint density at radius 3 is 2.84 bits per heavy atom. The summed E-state index contributed by atoms with van der Waals surface area (Å²) < 4.78 is 27.5. The van der Waals surface area contributed by atoms with Gasteiger partial charge in [-0.15, -0.1) is 11.3 Å². The molecule has 0 unspecified atom stereocenters. The van der Waals surface area contributed by atoms with E-state index < -0.39 is 10.0 Å². The zero-order valence-corrected chi connectivity index (χ0v) is 13.1. The fourth-order valence-electron chi connectivity index (χ4n) is 1.45. The van der Waals surface area contributed by atoms with E-state index in [4.69, 9.17) is 5.11 Å². The molecule has 8 heteroatoms. The van der Waals surface area contributed by atoms with Crippen molar-refractivity contribution in [1.82, 2.24) is 4.98 Å². The predicted octanol–water partition coefficient (Wildman–Crippen LogP) is 2.51. The summed E-state index contributed by atoms with van der Waals surface area (Å²) in [6.07, 6.45) is 3.10. The van der Waals surface area contributed by atoms with Crippen molar-refractivity contribution < 1.29 is 13.5 Å². The molecule has 0 aliphatic carbocycles. The number of aryl methyl sites for hydroxylation is 1. The molecule has 0 aliphatic heterocycles. The van der Waals surface area contributed by atoms with Crippen LogP contribution in [0.1, 0.15) is 10.4 Å². The van der Waals surface area contributed by atoms with Crippen LogP contribution in [0.25, 0.3) is 0 Å². The SMILES string of the molecule is Cc1cnccc1NS(=O)(=O)c1cc(CO)sc1Br. The lowest BCUT2D eigenvalue weighted by Gasteiger charge is -2.09. The first-order valence-electron chi connectivity index (χ1n) is 5.26. The van der Waals surface area contributed by atoms with E-state index in [1.165, 1.54) is 23.6 Å². The van der Waals surface area contributed by atoms with Crippen LogP contribution in [-0.2, 0) is 16.6 Å². The second-order valence-electron chi connectivity index (χ2n) is 3.80. The van der Waals surface area contributed by atoms with Gasteiger partial charge in [0, 0.05) is 17.3 Å². The van der Waals surface area contributed by atoms with Gasteiger partial charge in [0.05, 0.1) is 16.1 Å². The molecule has 2 rings (SSSR count). The third-order valence-corrected chi connectivity index (χ3v) is 6.02. The molecule has 0 saturated carbocycles. The molecule has 0 atom stereocenters. The summed E-state index contributed by atoms with van der Waals surface area (Å²) in [5.41, 5.74) is 1.22. The smallest absolute Gasteiger partial charge is 0.263 e. The molecule has 102 valence electrons. The number of nitrogens with one attached hydrogen (secondary N) is 1. The van der Waals surface area contributed by atoms with Crippen LogP contribution in [0.4, 0.5) is 5.69 Å². The minimum absolute atomic E-state index is 0.123. The molecule has 2 N–H and O–H groups in total. The molecule has 0 amide bonds. The highest BCUT2D eigenvalue weighted by molar-refractivity contribution is 9.11. The summed E-state index contributed by atoms with van der Waals surface area (Å²) in [6.45, 7) is 1.58. The Kier molecular flexibility index (Phi) is 4.24. The molecule has 0 fully saturated rings. The van der Waals surface area contributed by atoms with Crippen molar-refractivity contribution in [2.24, 2.45) is 0 Å². The third-order valence-electron chi connectivity index (χ3n) is 2.42. The highest BCUT2D eigenvalue weighted by atomic mass is 79.9. The molecule has 0 spiro atoms. The summed E-state index contributed by atoms with van der Waals surface area (Å²) >= 11 is 4.39. The topological polar surface area (TPSA) is 79.3 Å². The number of aromatic nitrogens is 1. The average molecular weight is 363 g/mol. The van der Waals surface area contributed by atoms with Crippen molar-refractivity contribution in [3.05, 3.63) is 38.8 Å². The number of hydrogen-bond donors (Lipinski definition) is 2. The van der Waals surface area contributed by atoms with E-state index in [0.717, 1.165) is 5.56 Å². The number of halogens is 1. The first-order chi connectivity index (χ1) is 8.94.